The van der Waals surface area contributed by atoms with Gasteiger partial charge >= 0.3 is 6.03 Å². The van der Waals surface area contributed by atoms with Crippen molar-refractivity contribution in [3.05, 3.63) is 102 Å². The van der Waals surface area contributed by atoms with Crippen LogP contribution in [0.15, 0.2) is 91.0 Å². The molecule has 138 valence electrons. The molecule has 0 radical (unpaired) electrons. The van der Waals surface area contributed by atoms with Gasteiger partial charge in [-0.15, -0.1) is 0 Å². The Morgan fingerprint density at radius 2 is 1.29 bits per heavy atom. The van der Waals surface area contributed by atoms with Crippen LogP contribution in [0.2, 0.25) is 0 Å². The summed E-state index contributed by atoms with van der Waals surface area (Å²) in [4.78, 5) is 14.9. The van der Waals surface area contributed by atoms with Gasteiger partial charge in [0.15, 0.2) is 0 Å². The van der Waals surface area contributed by atoms with Crippen LogP contribution in [0.4, 0.5) is 10.5 Å². The normalized spacial score (nSPS) is 25.6. The number of anilines is 1. The number of benzene rings is 3. The molecule has 5 rings (SSSR count). The van der Waals surface area contributed by atoms with E-state index in [1.807, 2.05) is 91.0 Å². The average Bonchev–Trinajstić information content (AvgIpc) is 3.16. The molecule has 2 N–H and O–H groups in total. The molecule has 2 atom stereocenters. The predicted octanol–water partition coefficient (Wildman–Crippen LogP) is 3.83. The summed E-state index contributed by atoms with van der Waals surface area (Å²) in [5, 5.41) is 6.61. The van der Waals surface area contributed by atoms with Gasteiger partial charge in [-0.1, -0.05) is 78.9 Å². The quantitative estimate of drug-likeness (QED) is 0.671. The van der Waals surface area contributed by atoms with Crippen molar-refractivity contribution < 1.29 is 9.53 Å². The predicted molar refractivity (Wildman–Crippen MR) is 111 cm³/mol. The topological polar surface area (TPSA) is 53.6 Å². The first-order chi connectivity index (χ1) is 13.7. The fourth-order valence-corrected chi connectivity index (χ4v) is 4.41. The number of fused-ring (bicyclic) bond motifs is 1. The van der Waals surface area contributed by atoms with E-state index in [4.69, 9.17) is 17.0 Å². The van der Waals surface area contributed by atoms with Crippen molar-refractivity contribution in [2.75, 3.05) is 4.90 Å². The molecule has 28 heavy (non-hydrogen) atoms. The SMILES string of the molecule is O=C1NC2(c3ccccc3)NC(=S)OC2(c2ccccc2)N1c1ccccc1. The summed E-state index contributed by atoms with van der Waals surface area (Å²) in [5.41, 5.74) is 0.0946. The molecule has 3 aromatic carbocycles. The van der Waals surface area contributed by atoms with Crippen molar-refractivity contribution in [2.45, 2.75) is 11.4 Å². The molecule has 0 spiro atoms. The summed E-state index contributed by atoms with van der Waals surface area (Å²) in [5.74, 6) is 0. The van der Waals surface area contributed by atoms with Gasteiger partial charge in [-0.25, -0.2) is 9.69 Å². The Morgan fingerprint density at radius 3 is 1.89 bits per heavy atom. The Morgan fingerprint density at radius 1 is 0.750 bits per heavy atom. The number of ether oxygens (including phenoxy) is 1. The Bertz CT molecular complexity index is 1050. The Kier molecular flexibility index (Phi) is 3.64. The number of rotatable bonds is 3. The molecule has 2 aliphatic rings. The van der Waals surface area contributed by atoms with Crippen molar-refractivity contribution in [1.82, 2.24) is 10.6 Å². The van der Waals surface area contributed by atoms with Gasteiger partial charge in [-0.05, 0) is 24.4 Å². The second kappa shape index (κ2) is 6.07. The molecule has 0 aliphatic carbocycles. The third-order valence-electron chi connectivity index (χ3n) is 5.24. The molecule has 5 nitrogen and oxygen atoms in total. The number of nitrogens with one attached hydrogen (secondary N) is 2. The number of carbonyl (C=O) groups excluding carboxylic acids is 1. The van der Waals surface area contributed by atoms with Gasteiger partial charge in [-0.2, -0.15) is 0 Å². The van der Waals surface area contributed by atoms with E-state index in [0.717, 1.165) is 11.1 Å². The highest BCUT2D eigenvalue weighted by Crippen LogP contribution is 2.53. The van der Waals surface area contributed by atoms with Crippen LogP contribution in [0, 0.1) is 0 Å². The van der Waals surface area contributed by atoms with E-state index in [1.54, 1.807) is 4.90 Å². The monoisotopic (exact) mass is 387 g/mol. The van der Waals surface area contributed by atoms with Crippen LogP contribution in [0.3, 0.4) is 0 Å². The Labute approximate surface area is 167 Å². The minimum absolute atomic E-state index is 0.230. The Balaban J connectivity index is 1.84. The van der Waals surface area contributed by atoms with Crippen molar-refractivity contribution in [2.24, 2.45) is 0 Å². The lowest BCUT2D eigenvalue weighted by atomic mass is 9.84. The van der Waals surface area contributed by atoms with E-state index in [0.29, 0.717) is 5.69 Å². The molecule has 2 amide bonds. The molecule has 3 aromatic rings. The van der Waals surface area contributed by atoms with Crippen molar-refractivity contribution in [3.63, 3.8) is 0 Å². The second-order valence-corrected chi connectivity index (χ2v) is 7.11. The van der Waals surface area contributed by atoms with Crippen LogP contribution in [-0.4, -0.2) is 11.2 Å². The van der Waals surface area contributed by atoms with Gasteiger partial charge in [-0.3, -0.25) is 0 Å². The molecule has 2 heterocycles. The van der Waals surface area contributed by atoms with Crippen LogP contribution in [0.1, 0.15) is 11.1 Å². The number of hydrogen-bond acceptors (Lipinski definition) is 3. The van der Waals surface area contributed by atoms with Crippen LogP contribution in [0.25, 0.3) is 0 Å². The van der Waals surface area contributed by atoms with Crippen LogP contribution >= 0.6 is 12.2 Å². The zero-order valence-electron chi connectivity index (χ0n) is 14.8. The molecular weight excluding hydrogens is 370 g/mol. The van der Waals surface area contributed by atoms with Crippen molar-refractivity contribution in [1.29, 1.82) is 0 Å². The minimum atomic E-state index is -1.22. The maximum Gasteiger partial charge on any atom is 0.327 e. The number of amides is 2. The molecule has 2 saturated heterocycles. The first-order valence-electron chi connectivity index (χ1n) is 8.97. The van der Waals surface area contributed by atoms with Gasteiger partial charge < -0.3 is 15.4 Å². The molecule has 2 aliphatic heterocycles. The summed E-state index contributed by atoms with van der Waals surface area (Å²) in [7, 11) is 0. The Hall–Kier alpha value is -3.38. The van der Waals surface area contributed by atoms with Crippen LogP contribution in [0.5, 0.6) is 0 Å². The third-order valence-corrected chi connectivity index (χ3v) is 5.42. The molecule has 0 saturated carbocycles. The zero-order chi connectivity index (χ0) is 19.2. The van der Waals surface area contributed by atoms with Gasteiger partial charge in [0.05, 0.1) is 0 Å². The maximum absolute atomic E-state index is 13.3. The van der Waals surface area contributed by atoms with E-state index in [1.165, 1.54) is 0 Å². The lowest BCUT2D eigenvalue weighted by molar-refractivity contribution is 0.0278. The highest BCUT2D eigenvalue weighted by Gasteiger charge is 2.72. The summed E-state index contributed by atoms with van der Waals surface area (Å²) < 4.78 is 6.32. The third kappa shape index (κ3) is 2.12. The summed E-state index contributed by atoms with van der Waals surface area (Å²) >= 11 is 5.45. The summed E-state index contributed by atoms with van der Waals surface area (Å²) in [6, 6.07) is 28.6. The molecule has 0 bridgehead atoms. The van der Waals surface area contributed by atoms with Gasteiger partial charge in [0, 0.05) is 16.8 Å². The van der Waals surface area contributed by atoms with E-state index in [2.05, 4.69) is 10.6 Å². The molecule has 6 heteroatoms. The fourth-order valence-electron chi connectivity index (χ4n) is 4.14. The standard InChI is InChI=1S/C22H17N3O2S/c26-19-23-21(16-10-4-1-5-11-16)22(27-20(28)24-21,17-12-6-2-7-13-17)25(19)18-14-8-3-9-15-18/h1-15H,(H,23,26)(H,24,28). The first-order valence-corrected chi connectivity index (χ1v) is 9.38. The molecular formula is C22H17N3O2S. The number of para-hydroxylation sites is 1. The van der Waals surface area contributed by atoms with E-state index in [-0.39, 0.29) is 11.2 Å². The number of carbonyl (C=O) groups is 1. The molecule has 2 fully saturated rings. The van der Waals surface area contributed by atoms with Gasteiger partial charge in [0.2, 0.25) is 5.66 Å². The smallest absolute Gasteiger partial charge is 0.327 e. The van der Waals surface area contributed by atoms with Crippen molar-refractivity contribution in [3.8, 4) is 0 Å². The van der Waals surface area contributed by atoms with Crippen molar-refractivity contribution >= 4 is 29.1 Å². The largest absolute Gasteiger partial charge is 0.434 e. The number of nitrogens with zero attached hydrogens (tertiary/aromatic N) is 1. The zero-order valence-corrected chi connectivity index (χ0v) is 15.6. The van der Waals surface area contributed by atoms with E-state index in [9.17, 15) is 4.79 Å². The van der Waals surface area contributed by atoms with Crippen LogP contribution in [-0.2, 0) is 16.1 Å². The number of thiocarbonyl (C=S) groups is 1. The lowest BCUT2D eigenvalue weighted by Gasteiger charge is -2.40. The highest BCUT2D eigenvalue weighted by atomic mass is 32.1. The highest BCUT2D eigenvalue weighted by molar-refractivity contribution is 7.80. The maximum atomic E-state index is 13.3. The lowest BCUT2D eigenvalue weighted by Crippen LogP contribution is -2.59. The number of urea groups is 1. The number of hydrogen-bond donors (Lipinski definition) is 2. The first kappa shape index (κ1) is 16.8. The minimum Gasteiger partial charge on any atom is -0.434 e. The summed E-state index contributed by atoms with van der Waals surface area (Å²) in [6.07, 6.45) is 0. The van der Waals surface area contributed by atoms with Gasteiger partial charge in [0.1, 0.15) is 0 Å². The molecule has 0 aromatic heterocycles. The van der Waals surface area contributed by atoms with E-state index < -0.39 is 11.4 Å². The molecule has 2 unspecified atom stereocenters. The fraction of sp³-hybridized carbons (Fsp3) is 0.0909. The van der Waals surface area contributed by atoms with Gasteiger partial charge in [0.25, 0.3) is 10.9 Å². The average molecular weight is 387 g/mol. The second-order valence-electron chi connectivity index (χ2n) is 6.74. The van der Waals surface area contributed by atoms with E-state index >= 15 is 0 Å². The summed E-state index contributed by atoms with van der Waals surface area (Å²) in [6.45, 7) is 0. The van der Waals surface area contributed by atoms with Crippen LogP contribution < -0.4 is 15.5 Å².